The van der Waals surface area contributed by atoms with E-state index in [1.54, 1.807) is 0 Å². The summed E-state index contributed by atoms with van der Waals surface area (Å²) in [7, 11) is 0. The van der Waals surface area contributed by atoms with Crippen molar-refractivity contribution in [2.75, 3.05) is 6.61 Å². The molecule has 5 heteroatoms. The lowest BCUT2D eigenvalue weighted by atomic mass is 9.91. The number of hydrogen-bond acceptors (Lipinski definition) is 5. The van der Waals surface area contributed by atoms with Crippen LogP contribution in [0.15, 0.2) is 0 Å². The lowest BCUT2D eigenvalue weighted by Crippen LogP contribution is -2.54. The Kier molecular flexibility index (Phi) is 3.91. The van der Waals surface area contributed by atoms with Gasteiger partial charge in [0.25, 0.3) is 0 Å². The first kappa shape index (κ1) is 13.0. The molecule has 1 saturated heterocycles. The molecule has 1 fully saturated rings. The fraction of sp³-hybridized carbons (Fsp3) is 0.818. The predicted octanol–water partition coefficient (Wildman–Crippen LogP) is 1.05. The van der Waals surface area contributed by atoms with E-state index in [4.69, 9.17) is 14.2 Å². The molecule has 0 radical (unpaired) electrons. The molecule has 0 saturated carbocycles. The molecule has 16 heavy (non-hydrogen) atoms. The minimum atomic E-state index is -0.635. The lowest BCUT2D eigenvalue weighted by Gasteiger charge is -2.41. The molecular formula is C11H18O5. The number of carbonyl (C=O) groups is 2. The van der Waals surface area contributed by atoms with Crippen LogP contribution in [0, 0.1) is 0 Å². The zero-order chi connectivity index (χ0) is 12.3. The van der Waals surface area contributed by atoms with Crippen molar-refractivity contribution >= 4 is 11.9 Å². The zero-order valence-electron chi connectivity index (χ0n) is 10.1. The minimum Gasteiger partial charge on any atom is -0.458 e. The molecule has 1 aliphatic heterocycles. The SMILES string of the molecule is CC(=O)OC1CCOC(C)(C)C1OC(C)=O. The van der Waals surface area contributed by atoms with Crippen molar-refractivity contribution in [2.24, 2.45) is 0 Å². The molecule has 1 rings (SSSR count). The van der Waals surface area contributed by atoms with Crippen LogP contribution in [0.25, 0.3) is 0 Å². The van der Waals surface area contributed by atoms with E-state index in [0.29, 0.717) is 13.0 Å². The maximum atomic E-state index is 11.0. The van der Waals surface area contributed by atoms with Crippen LogP contribution in [0.1, 0.15) is 34.1 Å². The minimum absolute atomic E-state index is 0.375. The molecule has 0 bridgehead atoms. The topological polar surface area (TPSA) is 61.8 Å². The van der Waals surface area contributed by atoms with Crippen molar-refractivity contribution in [3.05, 3.63) is 0 Å². The first-order valence-electron chi connectivity index (χ1n) is 5.31. The molecule has 0 aromatic heterocycles. The normalized spacial score (nSPS) is 28.2. The van der Waals surface area contributed by atoms with E-state index in [-0.39, 0.29) is 5.97 Å². The van der Waals surface area contributed by atoms with Crippen LogP contribution in [0.2, 0.25) is 0 Å². The third kappa shape index (κ3) is 3.20. The van der Waals surface area contributed by atoms with E-state index >= 15 is 0 Å². The van der Waals surface area contributed by atoms with Gasteiger partial charge in [-0.3, -0.25) is 9.59 Å². The summed E-state index contributed by atoms with van der Waals surface area (Å²) in [4.78, 5) is 22.0. The second-order valence-electron chi connectivity index (χ2n) is 4.42. The Morgan fingerprint density at radius 1 is 1.19 bits per heavy atom. The van der Waals surface area contributed by atoms with E-state index in [2.05, 4.69) is 0 Å². The van der Waals surface area contributed by atoms with E-state index in [1.807, 2.05) is 13.8 Å². The molecule has 1 heterocycles. The highest BCUT2D eigenvalue weighted by atomic mass is 16.6. The molecule has 92 valence electrons. The summed E-state index contributed by atoms with van der Waals surface area (Å²) in [5.74, 6) is -0.777. The van der Waals surface area contributed by atoms with Crippen LogP contribution in [0.4, 0.5) is 0 Å². The molecule has 0 spiro atoms. The Morgan fingerprint density at radius 2 is 1.75 bits per heavy atom. The van der Waals surface area contributed by atoms with Gasteiger partial charge in [-0.05, 0) is 13.8 Å². The lowest BCUT2D eigenvalue weighted by molar-refractivity contribution is -0.214. The van der Waals surface area contributed by atoms with Crippen molar-refractivity contribution in [3.63, 3.8) is 0 Å². The maximum Gasteiger partial charge on any atom is 0.303 e. The smallest absolute Gasteiger partial charge is 0.303 e. The van der Waals surface area contributed by atoms with Crippen molar-refractivity contribution in [1.82, 2.24) is 0 Å². The van der Waals surface area contributed by atoms with E-state index in [1.165, 1.54) is 13.8 Å². The largest absolute Gasteiger partial charge is 0.458 e. The standard InChI is InChI=1S/C11H18O5/c1-7(12)15-9-5-6-14-11(3,4)10(9)16-8(2)13/h9-10H,5-6H2,1-4H3. The molecular weight excluding hydrogens is 212 g/mol. The Balaban J connectivity index is 2.79. The second kappa shape index (κ2) is 4.82. The van der Waals surface area contributed by atoms with Gasteiger partial charge >= 0.3 is 11.9 Å². The summed E-state index contributed by atoms with van der Waals surface area (Å²) >= 11 is 0. The van der Waals surface area contributed by atoms with E-state index in [0.717, 1.165) is 0 Å². The number of hydrogen-bond donors (Lipinski definition) is 0. The van der Waals surface area contributed by atoms with Crippen molar-refractivity contribution in [1.29, 1.82) is 0 Å². The van der Waals surface area contributed by atoms with Gasteiger partial charge in [-0.1, -0.05) is 0 Å². The van der Waals surface area contributed by atoms with Gasteiger partial charge < -0.3 is 14.2 Å². The first-order valence-corrected chi connectivity index (χ1v) is 5.31. The number of esters is 2. The summed E-state index contributed by atoms with van der Waals surface area (Å²) in [5.41, 5.74) is -0.635. The third-order valence-electron chi connectivity index (χ3n) is 2.51. The van der Waals surface area contributed by atoms with Crippen LogP contribution in [0.5, 0.6) is 0 Å². The summed E-state index contributed by atoms with van der Waals surface area (Å²) in [6.45, 7) is 6.79. The highest BCUT2D eigenvalue weighted by Gasteiger charge is 2.44. The zero-order valence-corrected chi connectivity index (χ0v) is 10.1. The van der Waals surface area contributed by atoms with Gasteiger partial charge in [0.2, 0.25) is 0 Å². The predicted molar refractivity (Wildman–Crippen MR) is 55.8 cm³/mol. The summed E-state index contributed by atoms with van der Waals surface area (Å²) in [6, 6.07) is 0. The molecule has 0 N–H and O–H groups in total. The van der Waals surface area contributed by atoms with Crippen LogP contribution in [-0.2, 0) is 23.8 Å². The molecule has 0 aromatic carbocycles. The fourth-order valence-electron chi connectivity index (χ4n) is 1.85. The van der Waals surface area contributed by atoms with Crippen LogP contribution in [0.3, 0.4) is 0 Å². The Labute approximate surface area is 95.0 Å². The molecule has 0 aliphatic carbocycles. The first-order chi connectivity index (χ1) is 7.33. The van der Waals surface area contributed by atoms with Crippen LogP contribution >= 0.6 is 0 Å². The molecule has 2 atom stereocenters. The van der Waals surface area contributed by atoms with Gasteiger partial charge in [-0.2, -0.15) is 0 Å². The molecule has 5 nitrogen and oxygen atoms in total. The average Bonchev–Trinajstić information content (AvgIpc) is 2.09. The highest BCUT2D eigenvalue weighted by molar-refractivity contribution is 5.67. The van der Waals surface area contributed by atoms with Crippen LogP contribution in [-0.4, -0.2) is 36.4 Å². The van der Waals surface area contributed by atoms with Gasteiger partial charge in [0.15, 0.2) is 6.10 Å². The van der Waals surface area contributed by atoms with Crippen molar-refractivity contribution < 1.29 is 23.8 Å². The fourth-order valence-corrected chi connectivity index (χ4v) is 1.85. The molecule has 0 amide bonds. The van der Waals surface area contributed by atoms with E-state index in [9.17, 15) is 9.59 Å². The molecule has 1 aliphatic rings. The van der Waals surface area contributed by atoms with Crippen molar-refractivity contribution in [3.8, 4) is 0 Å². The summed E-state index contributed by atoms with van der Waals surface area (Å²) in [5, 5.41) is 0. The number of rotatable bonds is 2. The van der Waals surface area contributed by atoms with Gasteiger partial charge in [-0.15, -0.1) is 0 Å². The van der Waals surface area contributed by atoms with Gasteiger partial charge in [0, 0.05) is 20.3 Å². The number of carbonyl (C=O) groups excluding carboxylic acids is 2. The quantitative estimate of drug-likeness (QED) is 0.663. The van der Waals surface area contributed by atoms with Gasteiger partial charge in [0.1, 0.15) is 11.7 Å². The average molecular weight is 230 g/mol. The molecule has 0 aromatic rings. The third-order valence-corrected chi connectivity index (χ3v) is 2.51. The second-order valence-corrected chi connectivity index (χ2v) is 4.42. The summed E-state index contributed by atoms with van der Waals surface area (Å²) in [6.07, 6.45) is -0.436. The Morgan fingerprint density at radius 3 is 2.25 bits per heavy atom. The van der Waals surface area contributed by atoms with Gasteiger partial charge in [-0.25, -0.2) is 0 Å². The van der Waals surface area contributed by atoms with Gasteiger partial charge in [0.05, 0.1) is 6.61 Å². The van der Waals surface area contributed by atoms with E-state index < -0.39 is 23.8 Å². The summed E-state index contributed by atoms with van der Waals surface area (Å²) < 4.78 is 15.8. The Bertz CT molecular complexity index is 284. The monoisotopic (exact) mass is 230 g/mol. The highest BCUT2D eigenvalue weighted by Crippen LogP contribution is 2.29. The van der Waals surface area contributed by atoms with Crippen molar-refractivity contribution in [2.45, 2.75) is 51.9 Å². The Hall–Kier alpha value is -1.10. The maximum absolute atomic E-state index is 11.0. The number of ether oxygens (including phenoxy) is 3. The van der Waals surface area contributed by atoms with Crippen LogP contribution < -0.4 is 0 Å². The molecule has 2 unspecified atom stereocenters.